The van der Waals surface area contributed by atoms with E-state index in [4.69, 9.17) is 0 Å². The molecule has 3 rings (SSSR count). The highest BCUT2D eigenvalue weighted by Gasteiger charge is 2.06. The fourth-order valence-corrected chi connectivity index (χ4v) is 3.29. The van der Waals surface area contributed by atoms with E-state index in [0.717, 1.165) is 20.8 Å². The maximum absolute atomic E-state index is 4.61. The molecule has 1 N–H and O–H groups in total. The van der Waals surface area contributed by atoms with Gasteiger partial charge in [0.2, 0.25) is 0 Å². The Balaban J connectivity index is 1.99. The molecule has 0 radical (unpaired) electrons. The van der Waals surface area contributed by atoms with E-state index in [-0.39, 0.29) is 0 Å². The zero-order chi connectivity index (χ0) is 13.4. The number of benzene rings is 2. The molecule has 1 heterocycles. The number of hydrogen-bond acceptors (Lipinski definition) is 3. The van der Waals surface area contributed by atoms with Gasteiger partial charge < -0.3 is 5.32 Å². The highest BCUT2D eigenvalue weighted by molar-refractivity contribution is 9.10. The third-order valence-corrected chi connectivity index (χ3v) is 4.85. The number of anilines is 2. The van der Waals surface area contributed by atoms with Gasteiger partial charge in [-0.2, -0.15) is 0 Å². The van der Waals surface area contributed by atoms with Gasteiger partial charge in [0, 0.05) is 10.2 Å². The quantitative estimate of drug-likeness (QED) is 0.677. The van der Waals surface area contributed by atoms with Crippen LogP contribution in [0, 0.1) is 13.8 Å². The smallest absolute Gasteiger partial charge is 0.188 e. The molecule has 19 heavy (non-hydrogen) atoms. The fourth-order valence-electron chi connectivity index (χ4n) is 1.94. The van der Waals surface area contributed by atoms with Gasteiger partial charge in [-0.3, -0.25) is 0 Å². The summed E-state index contributed by atoms with van der Waals surface area (Å²) in [7, 11) is 0. The van der Waals surface area contributed by atoms with E-state index in [9.17, 15) is 0 Å². The van der Waals surface area contributed by atoms with Crippen LogP contribution in [0.25, 0.3) is 10.2 Å². The SMILES string of the molecule is Cc1ccc2nc(Nc3cccc(Br)c3C)sc2c1. The second-order valence-corrected chi connectivity index (χ2v) is 6.41. The van der Waals surface area contributed by atoms with Crippen LogP contribution in [0.1, 0.15) is 11.1 Å². The molecule has 0 aliphatic heterocycles. The van der Waals surface area contributed by atoms with Crippen molar-refractivity contribution in [2.45, 2.75) is 13.8 Å². The summed E-state index contributed by atoms with van der Waals surface area (Å²) in [6.07, 6.45) is 0. The van der Waals surface area contributed by atoms with Gasteiger partial charge in [-0.1, -0.05) is 39.4 Å². The molecule has 0 saturated heterocycles. The molecule has 96 valence electrons. The van der Waals surface area contributed by atoms with Crippen molar-refractivity contribution in [1.29, 1.82) is 0 Å². The molecule has 0 bridgehead atoms. The summed E-state index contributed by atoms with van der Waals surface area (Å²) in [6.45, 7) is 4.19. The summed E-state index contributed by atoms with van der Waals surface area (Å²) in [5, 5.41) is 4.33. The van der Waals surface area contributed by atoms with Crippen LogP contribution < -0.4 is 5.32 Å². The predicted octanol–water partition coefficient (Wildman–Crippen LogP) is 5.42. The van der Waals surface area contributed by atoms with E-state index in [1.54, 1.807) is 11.3 Å². The number of aromatic nitrogens is 1. The zero-order valence-electron chi connectivity index (χ0n) is 10.7. The summed E-state index contributed by atoms with van der Waals surface area (Å²) >= 11 is 5.23. The van der Waals surface area contributed by atoms with Crippen LogP contribution in [0.2, 0.25) is 0 Å². The van der Waals surface area contributed by atoms with Gasteiger partial charge in [0.25, 0.3) is 0 Å². The van der Waals surface area contributed by atoms with Crippen molar-refractivity contribution in [2.24, 2.45) is 0 Å². The second kappa shape index (κ2) is 4.94. The van der Waals surface area contributed by atoms with Gasteiger partial charge in [-0.25, -0.2) is 4.98 Å². The number of halogens is 1. The molecule has 1 aromatic heterocycles. The lowest BCUT2D eigenvalue weighted by Gasteiger charge is -2.07. The molecular formula is C15H13BrN2S. The average Bonchev–Trinajstić information content (AvgIpc) is 2.76. The van der Waals surface area contributed by atoms with Crippen LogP contribution in [0.3, 0.4) is 0 Å². The lowest BCUT2D eigenvalue weighted by molar-refractivity contribution is 1.37. The second-order valence-electron chi connectivity index (χ2n) is 4.53. The Labute approximate surface area is 124 Å². The molecule has 0 fully saturated rings. The van der Waals surface area contributed by atoms with E-state index in [2.05, 4.69) is 64.3 Å². The first-order chi connectivity index (χ1) is 9.13. The number of nitrogens with zero attached hydrogens (tertiary/aromatic N) is 1. The number of hydrogen-bond donors (Lipinski definition) is 1. The Morgan fingerprint density at radius 3 is 2.84 bits per heavy atom. The largest absolute Gasteiger partial charge is 0.331 e. The Morgan fingerprint density at radius 2 is 2.00 bits per heavy atom. The van der Waals surface area contributed by atoms with Gasteiger partial charge in [0.15, 0.2) is 5.13 Å². The molecule has 3 aromatic rings. The van der Waals surface area contributed by atoms with Crippen LogP contribution in [-0.2, 0) is 0 Å². The predicted molar refractivity (Wildman–Crippen MR) is 86.5 cm³/mol. The molecule has 4 heteroatoms. The fraction of sp³-hybridized carbons (Fsp3) is 0.133. The first-order valence-electron chi connectivity index (χ1n) is 6.03. The van der Waals surface area contributed by atoms with Crippen molar-refractivity contribution in [1.82, 2.24) is 4.98 Å². The van der Waals surface area contributed by atoms with E-state index in [1.165, 1.54) is 15.8 Å². The molecule has 2 aromatic carbocycles. The van der Waals surface area contributed by atoms with Gasteiger partial charge in [-0.15, -0.1) is 0 Å². The van der Waals surface area contributed by atoms with Crippen molar-refractivity contribution in [3.8, 4) is 0 Å². The minimum absolute atomic E-state index is 0.932. The van der Waals surface area contributed by atoms with E-state index < -0.39 is 0 Å². The molecule has 0 amide bonds. The van der Waals surface area contributed by atoms with Crippen LogP contribution in [0.4, 0.5) is 10.8 Å². The standard InChI is InChI=1S/C15H13BrN2S/c1-9-6-7-13-14(8-9)19-15(18-13)17-12-5-3-4-11(16)10(12)2/h3-8H,1-2H3,(H,17,18). The summed E-state index contributed by atoms with van der Waals surface area (Å²) in [6, 6.07) is 12.5. The topological polar surface area (TPSA) is 24.9 Å². The van der Waals surface area contributed by atoms with Crippen molar-refractivity contribution < 1.29 is 0 Å². The lowest BCUT2D eigenvalue weighted by atomic mass is 10.2. The van der Waals surface area contributed by atoms with E-state index in [0.29, 0.717) is 0 Å². The molecule has 0 unspecified atom stereocenters. The van der Waals surface area contributed by atoms with Gasteiger partial charge in [0.1, 0.15) is 0 Å². The van der Waals surface area contributed by atoms with Crippen LogP contribution >= 0.6 is 27.3 Å². The number of nitrogens with one attached hydrogen (secondary N) is 1. The average molecular weight is 333 g/mol. The third kappa shape index (κ3) is 2.51. The number of rotatable bonds is 2. The molecule has 0 aliphatic rings. The van der Waals surface area contributed by atoms with Crippen molar-refractivity contribution in [3.63, 3.8) is 0 Å². The Bertz CT molecular complexity index is 749. The normalized spacial score (nSPS) is 10.9. The first-order valence-corrected chi connectivity index (χ1v) is 7.64. The Hall–Kier alpha value is -1.39. The lowest BCUT2D eigenvalue weighted by Crippen LogP contribution is -1.92. The monoisotopic (exact) mass is 332 g/mol. The summed E-state index contributed by atoms with van der Waals surface area (Å²) < 4.78 is 2.32. The molecule has 0 aliphatic carbocycles. The maximum Gasteiger partial charge on any atom is 0.188 e. The van der Waals surface area contributed by atoms with Crippen LogP contribution in [0.5, 0.6) is 0 Å². The van der Waals surface area contributed by atoms with Crippen molar-refractivity contribution in [2.75, 3.05) is 5.32 Å². The highest BCUT2D eigenvalue weighted by Crippen LogP contribution is 2.31. The van der Waals surface area contributed by atoms with Gasteiger partial charge in [0.05, 0.1) is 10.2 Å². The Kier molecular flexibility index (Phi) is 3.29. The summed E-state index contributed by atoms with van der Waals surface area (Å²) in [5.74, 6) is 0. The maximum atomic E-state index is 4.61. The molecule has 0 atom stereocenters. The zero-order valence-corrected chi connectivity index (χ0v) is 13.1. The molecule has 0 saturated carbocycles. The number of fused-ring (bicyclic) bond motifs is 1. The summed E-state index contributed by atoms with van der Waals surface area (Å²) in [5.41, 5.74) is 4.59. The van der Waals surface area contributed by atoms with Crippen molar-refractivity contribution in [3.05, 3.63) is 52.0 Å². The minimum Gasteiger partial charge on any atom is -0.331 e. The van der Waals surface area contributed by atoms with Crippen LogP contribution in [0.15, 0.2) is 40.9 Å². The molecular weight excluding hydrogens is 320 g/mol. The number of thiazole rings is 1. The number of aryl methyl sites for hydroxylation is 1. The van der Waals surface area contributed by atoms with Gasteiger partial charge in [-0.05, 0) is 49.2 Å². The third-order valence-electron chi connectivity index (χ3n) is 3.05. The molecule has 2 nitrogen and oxygen atoms in total. The van der Waals surface area contributed by atoms with Crippen molar-refractivity contribution >= 4 is 48.3 Å². The highest BCUT2D eigenvalue weighted by atomic mass is 79.9. The van der Waals surface area contributed by atoms with E-state index >= 15 is 0 Å². The van der Waals surface area contributed by atoms with Gasteiger partial charge >= 0.3 is 0 Å². The van der Waals surface area contributed by atoms with Crippen LogP contribution in [-0.4, -0.2) is 4.98 Å². The first kappa shape index (κ1) is 12.6. The summed E-state index contributed by atoms with van der Waals surface area (Å²) in [4.78, 5) is 4.61. The Morgan fingerprint density at radius 1 is 1.16 bits per heavy atom. The van der Waals surface area contributed by atoms with E-state index in [1.807, 2.05) is 12.1 Å². The molecule has 0 spiro atoms. The minimum atomic E-state index is 0.932.